The van der Waals surface area contributed by atoms with E-state index in [9.17, 15) is 4.79 Å². The van der Waals surface area contributed by atoms with Gasteiger partial charge in [0.25, 0.3) is 0 Å². The highest BCUT2D eigenvalue weighted by molar-refractivity contribution is 5.79. The number of rotatable bonds is 3. The van der Waals surface area contributed by atoms with Crippen LogP contribution in [0.5, 0.6) is 0 Å². The third kappa shape index (κ3) is 3.16. The van der Waals surface area contributed by atoms with E-state index in [0.29, 0.717) is 24.9 Å². The summed E-state index contributed by atoms with van der Waals surface area (Å²) in [6, 6.07) is 6.59. The minimum absolute atomic E-state index is 0.228. The number of aryl methyl sites for hydroxylation is 2. The van der Waals surface area contributed by atoms with Crippen LogP contribution >= 0.6 is 0 Å². The van der Waals surface area contributed by atoms with Crippen LogP contribution in [0.1, 0.15) is 30.0 Å². The average molecular weight is 260 g/mol. The van der Waals surface area contributed by atoms with E-state index in [-0.39, 0.29) is 5.91 Å². The highest BCUT2D eigenvalue weighted by Crippen LogP contribution is 2.23. The van der Waals surface area contributed by atoms with Crippen molar-refractivity contribution < 1.29 is 4.79 Å². The van der Waals surface area contributed by atoms with Gasteiger partial charge in [-0.05, 0) is 56.3 Å². The lowest BCUT2D eigenvalue weighted by atomic mass is 10.0. The van der Waals surface area contributed by atoms with Gasteiger partial charge in [0.05, 0.1) is 6.42 Å². The molecule has 3 nitrogen and oxygen atoms in total. The Morgan fingerprint density at radius 3 is 2.68 bits per heavy atom. The van der Waals surface area contributed by atoms with E-state index in [1.54, 1.807) is 0 Å². The van der Waals surface area contributed by atoms with Crippen LogP contribution in [0, 0.1) is 19.8 Å². The quantitative estimate of drug-likeness (QED) is 0.904. The Kier molecular flexibility index (Phi) is 4.25. The lowest BCUT2D eigenvalue weighted by Gasteiger charge is -2.21. The molecule has 0 saturated carbocycles. The zero-order valence-electron chi connectivity index (χ0n) is 12.1. The maximum atomic E-state index is 12.4. The van der Waals surface area contributed by atoms with E-state index >= 15 is 0 Å². The summed E-state index contributed by atoms with van der Waals surface area (Å²) in [5.74, 6) is 0.699. The molecule has 0 aromatic heterocycles. The molecule has 1 heterocycles. The van der Waals surface area contributed by atoms with Crippen molar-refractivity contribution in [3.63, 3.8) is 0 Å². The molecule has 2 unspecified atom stereocenters. The van der Waals surface area contributed by atoms with E-state index in [2.05, 4.69) is 39.0 Å². The molecule has 1 saturated heterocycles. The Labute approximate surface area is 115 Å². The van der Waals surface area contributed by atoms with Crippen LogP contribution in [0.15, 0.2) is 18.2 Å². The van der Waals surface area contributed by atoms with Gasteiger partial charge in [0, 0.05) is 12.6 Å². The molecular formula is C16H24N2O. The van der Waals surface area contributed by atoms with Gasteiger partial charge in [-0.15, -0.1) is 0 Å². The molecule has 0 aliphatic carbocycles. The summed E-state index contributed by atoms with van der Waals surface area (Å²) in [6.45, 7) is 7.80. The monoisotopic (exact) mass is 260 g/mol. The summed E-state index contributed by atoms with van der Waals surface area (Å²) in [4.78, 5) is 14.4. The second-order valence-electron chi connectivity index (χ2n) is 5.83. The predicted octanol–water partition coefficient (Wildman–Crippen LogP) is 2.04. The zero-order valence-corrected chi connectivity index (χ0v) is 12.1. The third-order valence-electron chi connectivity index (χ3n) is 4.24. The number of nitrogens with two attached hydrogens (primary N) is 1. The third-order valence-corrected chi connectivity index (χ3v) is 4.24. The number of carbonyl (C=O) groups excluding carboxylic acids is 1. The fraction of sp³-hybridized carbons (Fsp3) is 0.562. The first-order valence-electron chi connectivity index (χ1n) is 7.07. The molecule has 2 atom stereocenters. The van der Waals surface area contributed by atoms with Gasteiger partial charge in [-0.25, -0.2) is 0 Å². The first-order valence-corrected chi connectivity index (χ1v) is 7.07. The number of hydrogen-bond donors (Lipinski definition) is 1. The van der Waals surface area contributed by atoms with Crippen molar-refractivity contribution in [3.8, 4) is 0 Å². The van der Waals surface area contributed by atoms with Crippen molar-refractivity contribution in [2.75, 3.05) is 13.1 Å². The maximum Gasteiger partial charge on any atom is 0.227 e. The summed E-state index contributed by atoms with van der Waals surface area (Å²) >= 11 is 0. The summed E-state index contributed by atoms with van der Waals surface area (Å²) in [6.07, 6.45) is 1.54. The van der Waals surface area contributed by atoms with Gasteiger partial charge in [-0.1, -0.05) is 18.2 Å². The van der Waals surface area contributed by atoms with Gasteiger partial charge in [-0.2, -0.15) is 0 Å². The number of benzene rings is 1. The Hall–Kier alpha value is -1.35. The fourth-order valence-electron chi connectivity index (χ4n) is 2.85. The minimum Gasteiger partial charge on any atom is -0.339 e. The Balaban J connectivity index is 2.03. The van der Waals surface area contributed by atoms with Crippen molar-refractivity contribution >= 4 is 5.91 Å². The number of likely N-dealkylation sites (tertiary alicyclic amines) is 1. The molecule has 0 radical (unpaired) electrons. The molecule has 3 heteroatoms. The van der Waals surface area contributed by atoms with Crippen LogP contribution in [0.25, 0.3) is 0 Å². The predicted molar refractivity (Wildman–Crippen MR) is 78.0 cm³/mol. The van der Waals surface area contributed by atoms with E-state index in [0.717, 1.165) is 18.5 Å². The van der Waals surface area contributed by atoms with Crippen LogP contribution in [0.3, 0.4) is 0 Å². The fourth-order valence-corrected chi connectivity index (χ4v) is 2.85. The normalized spacial score (nSPS) is 22.8. The van der Waals surface area contributed by atoms with Gasteiger partial charge in [-0.3, -0.25) is 4.79 Å². The molecule has 19 heavy (non-hydrogen) atoms. The SMILES string of the molecule is Cc1ccc(CC(=O)N2CC(CN)CC2C)cc1C. The molecule has 2 rings (SSSR count). The number of carbonyl (C=O) groups is 1. The van der Waals surface area contributed by atoms with Crippen molar-refractivity contribution in [3.05, 3.63) is 34.9 Å². The van der Waals surface area contributed by atoms with Crippen molar-refractivity contribution in [1.29, 1.82) is 0 Å². The van der Waals surface area contributed by atoms with Gasteiger partial charge >= 0.3 is 0 Å². The van der Waals surface area contributed by atoms with Crippen LogP contribution in [-0.4, -0.2) is 29.9 Å². The summed E-state index contributed by atoms with van der Waals surface area (Å²) < 4.78 is 0. The molecule has 1 fully saturated rings. The van der Waals surface area contributed by atoms with Gasteiger partial charge < -0.3 is 10.6 Å². The first kappa shape index (κ1) is 14.1. The highest BCUT2D eigenvalue weighted by Gasteiger charge is 2.31. The van der Waals surface area contributed by atoms with E-state index in [1.807, 2.05) is 4.90 Å². The molecule has 104 valence electrons. The highest BCUT2D eigenvalue weighted by atomic mass is 16.2. The zero-order chi connectivity index (χ0) is 14.0. The van der Waals surface area contributed by atoms with Crippen molar-refractivity contribution in [2.24, 2.45) is 11.7 Å². The number of amides is 1. The van der Waals surface area contributed by atoms with Gasteiger partial charge in [0.1, 0.15) is 0 Å². The first-order chi connectivity index (χ1) is 9.01. The summed E-state index contributed by atoms with van der Waals surface area (Å²) in [5.41, 5.74) is 9.34. The van der Waals surface area contributed by atoms with Gasteiger partial charge in [0.15, 0.2) is 0 Å². The lowest BCUT2D eigenvalue weighted by molar-refractivity contribution is -0.131. The standard InChI is InChI=1S/C16H24N2O/c1-11-4-5-14(6-12(11)2)8-16(19)18-10-15(9-17)7-13(18)3/h4-6,13,15H,7-10,17H2,1-3H3. The molecule has 1 aliphatic rings. The second-order valence-corrected chi connectivity index (χ2v) is 5.83. The molecule has 1 aliphatic heterocycles. The van der Waals surface area contributed by atoms with Gasteiger partial charge in [0.2, 0.25) is 5.91 Å². The molecule has 2 N–H and O–H groups in total. The van der Waals surface area contributed by atoms with Crippen LogP contribution < -0.4 is 5.73 Å². The van der Waals surface area contributed by atoms with Crippen LogP contribution in [0.4, 0.5) is 0 Å². The average Bonchev–Trinajstić information content (AvgIpc) is 2.75. The minimum atomic E-state index is 0.228. The molecule has 1 aromatic carbocycles. The van der Waals surface area contributed by atoms with E-state index < -0.39 is 0 Å². The van der Waals surface area contributed by atoms with E-state index in [4.69, 9.17) is 5.73 Å². The van der Waals surface area contributed by atoms with Crippen LogP contribution in [-0.2, 0) is 11.2 Å². The molecule has 0 bridgehead atoms. The second kappa shape index (κ2) is 5.74. The maximum absolute atomic E-state index is 12.4. The molecular weight excluding hydrogens is 236 g/mol. The van der Waals surface area contributed by atoms with Crippen LogP contribution in [0.2, 0.25) is 0 Å². The van der Waals surface area contributed by atoms with E-state index in [1.165, 1.54) is 11.1 Å². The summed E-state index contributed by atoms with van der Waals surface area (Å²) in [5, 5.41) is 0. The molecule has 0 spiro atoms. The molecule has 1 amide bonds. The smallest absolute Gasteiger partial charge is 0.227 e. The summed E-state index contributed by atoms with van der Waals surface area (Å²) in [7, 11) is 0. The Bertz CT molecular complexity index is 470. The van der Waals surface area contributed by atoms with Crippen molar-refractivity contribution in [1.82, 2.24) is 4.90 Å². The molecule has 1 aromatic rings. The number of nitrogens with zero attached hydrogens (tertiary/aromatic N) is 1. The van der Waals surface area contributed by atoms with Crippen molar-refractivity contribution in [2.45, 2.75) is 39.7 Å². The Morgan fingerprint density at radius 1 is 1.37 bits per heavy atom. The Morgan fingerprint density at radius 2 is 2.11 bits per heavy atom. The number of hydrogen-bond acceptors (Lipinski definition) is 2. The lowest BCUT2D eigenvalue weighted by Crippen LogP contribution is -2.35. The largest absolute Gasteiger partial charge is 0.339 e. The topological polar surface area (TPSA) is 46.3 Å².